The molecule has 2 heterocycles. The molecule has 2 aromatic rings. The highest BCUT2D eigenvalue weighted by molar-refractivity contribution is 6.31. The Balaban J connectivity index is 1.71. The fourth-order valence-electron chi connectivity index (χ4n) is 4.04. The van der Waals surface area contributed by atoms with E-state index in [1.165, 1.54) is 0 Å². The second kappa shape index (κ2) is 7.54. The fourth-order valence-corrected chi connectivity index (χ4v) is 4.27. The molecule has 0 atom stereocenters. The summed E-state index contributed by atoms with van der Waals surface area (Å²) in [5, 5.41) is 7.89. The van der Waals surface area contributed by atoms with Gasteiger partial charge in [0.05, 0.1) is 16.7 Å². The van der Waals surface area contributed by atoms with Gasteiger partial charge < -0.3 is 9.64 Å². The molecule has 1 aliphatic rings. The number of amides is 1. The molecule has 0 spiro atoms. The number of aromatic nitrogens is 2. The van der Waals surface area contributed by atoms with E-state index in [2.05, 4.69) is 24.0 Å². The quantitative estimate of drug-likeness (QED) is 0.720. The summed E-state index contributed by atoms with van der Waals surface area (Å²) >= 11 is 6.10. The molecule has 1 aromatic heterocycles. The standard InChI is InChI=1S/C21H29ClFN3O2/c1-20(2,3)28-19(27)26-8-6-14(7-9-26)21(4,5)11-15-17(23)16(22)10-13-12-24-25-18(13)15/h10,12,14H,6-9,11H2,1-5H3,(H,24,25). The number of carbonyl (C=O) groups is 1. The highest BCUT2D eigenvalue weighted by Crippen LogP contribution is 2.40. The summed E-state index contributed by atoms with van der Waals surface area (Å²) in [6.07, 6.45) is 3.68. The Kier molecular flexibility index (Phi) is 5.63. The van der Waals surface area contributed by atoms with Crippen molar-refractivity contribution in [3.05, 3.63) is 28.7 Å². The molecule has 0 bridgehead atoms. The van der Waals surface area contributed by atoms with Crippen molar-refractivity contribution in [2.45, 2.75) is 59.5 Å². The van der Waals surface area contributed by atoms with Gasteiger partial charge in [0.1, 0.15) is 11.4 Å². The predicted molar refractivity (Wildman–Crippen MR) is 109 cm³/mol. The third-order valence-corrected chi connectivity index (χ3v) is 5.89. The molecule has 0 radical (unpaired) electrons. The van der Waals surface area contributed by atoms with E-state index in [1.807, 2.05) is 20.8 Å². The molecule has 5 nitrogen and oxygen atoms in total. The summed E-state index contributed by atoms with van der Waals surface area (Å²) in [5.74, 6) is -0.0137. The normalized spacial score (nSPS) is 16.6. The van der Waals surface area contributed by atoms with Crippen molar-refractivity contribution < 1.29 is 13.9 Å². The van der Waals surface area contributed by atoms with Crippen LogP contribution in [0.2, 0.25) is 5.02 Å². The van der Waals surface area contributed by atoms with Crippen molar-refractivity contribution in [3.63, 3.8) is 0 Å². The molecule has 3 rings (SSSR count). The van der Waals surface area contributed by atoms with Crippen molar-refractivity contribution >= 4 is 28.6 Å². The van der Waals surface area contributed by atoms with E-state index in [1.54, 1.807) is 17.2 Å². The van der Waals surface area contributed by atoms with Gasteiger partial charge in [0, 0.05) is 24.0 Å². The predicted octanol–water partition coefficient (Wildman–Crippen LogP) is 5.57. The summed E-state index contributed by atoms with van der Waals surface area (Å²) < 4.78 is 20.3. The summed E-state index contributed by atoms with van der Waals surface area (Å²) in [7, 11) is 0. The Hall–Kier alpha value is -1.82. The highest BCUT2D eigenvalue weighted by Gasteiger charge is 2.36. The number of hydrogen-bond acceptors (Lipinski definition) is 3. The van der Waals surface area contributed by atoms with Crippen molar-refractivity contribution in [2.24, 2.45) is 11.3 Å². The van der Waals surface area contributed by atoms with Crippen LogP contribution in [-0.2, 0) is 11.2 Å². The molecule has 7 heteroatoms. The smallest absolute Gasteiger partial charge is 0.410 e. The number of hydrogen-bond donors (Lipinski definition) is 1. The van der Waals surface area contributed by atoms with Crippen molar-refractivity contribution in [3.8, 4) is 0 Å². The highest BCUT2D eigenvalue weighted by atomic mass is 35.5. The number of aromatic amines is 1. The number of H-pyrrole nitrogens is 1. The van der Waals surface area contributed by atoms with E-state index in [0.29, 0.717) is 36.5 Å². The number of nitrogens with one attached hydrogen (secondary N) is 1. The molecular weight excluding hydrogens is 381 g/mol. The maximum Gasteiger partial charge on any atom is 0.410 e. The summed E-state index contributed by atoms with van der Waals surface area (Å²) in [4.78, 5) is 14.1. The Labute approximate surface area is 170 Å². The van der Waals surface area contributed by atoms with Crippen molar-refractivity contribution in [2.75, 3.05) is 13.1 Å². The molecular formula is C21H29ClFN3O2. The van der Waals surface area contributed by atoms with Crippen LogP contribution in [0.4, 0.5) is 9.18 Å². The topological polar surface area (TPSA) is 58.2 Å². The summed E-state index contributed by atoms with van der Waals surface area (Å²) in [6, 6.07) is 1.60. The molecule has 1 aliphatic heterocycles. The lowest BCUT2D eigenvalue weighted by Crippen LogP contribution is -2.44. The zero-order chi connectivity index (χ0) is 20.7. The second-order valence-electron chi connectivity index (χ2n) is 9.39. The molecule has 1 aromatic carbocycles. The van der Waals surface area contributed by atoms with Crippen LogP contribution in [0.15, 0.2) is 12.3 Å². The van der Waals surface area contributed by atoms with Crippen LogP contribution in [0.25, 0.3) is 10.9 Å². The van der Waals surface area contributed by atoms with Gasteiger partial charge in [0.25, 0.3) is 0 Å². The van der Waals surface area contributed by atoms with Crippen LogP contribution in [-0.4, -0.2) is 39.9 Å². The third kappa shape index (κ3) is 4.43. The first-order valence-electron chi connectivity index (χ1n) is 9.76. The minimum absolute atomic E-state index is 0.124. The van der Waals surface area contributed by atoms with Gasteiger partial charge in [-0.05, 0) is 57.4 Å². The Morgan fingerprint density at radius 1 is 1.32 bits per heavy atom. The maximum absolute atomic E-state index is 14.8. The van der Waals surface area contributed by atoms with Gasteiger partial charge in [0.15, 0.2) is 0 Å². The zero-order valence-corrected chi connectivity index (χ0v) is 18.0. The lowest BCUT2D eigenvalue weighted by atomic mass is 9.70. The molecule has 154 valence electrons. The Morgan fingerprint density at radius 2 is 1.96 bits per heavy atom. The number of carbonyl (C=O) groups excluding carboxylic acids is 1. The Morgan fingerprint density at radius 3 is 2.57 bits per heavy atom. The number of benzene rings is 1. The number of piperidine rings is 1. The van der Waals surface area contributed by atoms with Gasteiger partial charge >= 0.3 is 6.09 Å². The molecule has 1 saturated heterocycles. The van der Waals surface area contributed by atoms with E-state index in [-0.39, 0.29) is 22.3 Å². The van der Waals surface area contributed by atoms with Gasteiger partial charge in [-0.1, -0.05) is 25.4 Å². The van der Waals surface area contributed by atoms with Gasteiger partial charge in [-0.2, -0.15) is 5.10 Å². The average Bonchev–Trinajstić information content (AvgIpc) is 3.05. The third-order valence-electron chi connectivity index (χ3n) is 5.61. The van der Waals surface area contributed by atoms with Crippen LogP contribution >= 0.6 is 11.6 Å². The minimum atomic E-state index is -0.493. The summed E-state index contributed by atoms with van der Waals surface area (Å²) in [5.41, 5.74) is 0.650. The molecule has 0 aliphatic carbocycles. The van der Waals surface area contributed by atoms with Crippen LogP contribution in [0.3, 0.4) is 0 Å². The summed E-state index contributed by atoms with van der Waals surface area (Å²) in [6.45, 7) is 11.2. The number of likely N-dealkylation sites (tertiary alicyclic amines) is 1. The van der Waals surface area contributed by atoms with E-state index in [0.717, 1.165) is 18.2 Å². The van der Waals surface area contributed by atoms with Gasteiger partial charge in [-0.3, -0.25) is 5.10 Å². The fraction of sp³-hybridized carbons (Fsp3) is 0.619. The van der Waals surface area contributed by atoms with Gasteiger partial charge in [-0.25, -0.2) is 9.18 Å². The van der Waals surface area contributed by atoms with Crippen molar-refractivity contribution in [1.82, 2.24) is 15.1 Å². The number of halogens is 2. The van der Waals surface area contributed by atoms with E-state index < -0.39 is 5.60 Å². The van der Waals surface area contributed by atoms with Crippen LogP contribution < -0.4 is 0 Å². The van der Waals surface area contributed by atoms with Gasteiger partial charge in [-0.15, -0.1) is 0 Å². The van der Waals surface area contributed by atoms with Crippen LogP contribution in [0.1, 0.15) is 53.0 Å². The minimum Gasteiger partial charge on any atom is -0.444 e. The lowest BCUT2D eigenvalue weighted by molar-refractivity contribution is 0.0116. The first-order valence-corrected chi connectivity index (χ1v) is 10.1. The Bertz CT molecular complexity index is 864. The van der Waals surface area contributed by atoms with E-state index in [4.69, 9.17) is 16.3 Å². The largest absolute Gasteiger partial charge is 0.444 e. The first kappa shape index (κ1) is 20.9. The SMILES string of the molecule is CC(C)(C)OC(=O)N1CCC(C(C)(C)Cc2c(F)c(Cl)cc3cn[nH]c23)CC1. The van der Waals surface area contributed by atoms with Crippen LogP contribution in [0.5, 0.6) is 0 Å². The molecule has 0 unspecified atom stereocenters. The molecule has 1 fully saturated rings. The number of ether oxygens (including phenoxy) is 1. The average molecular weight is 410 g/mol. The zero-order valence-electron chi connectivity index (χ0n) is 17.2. The number of fused-ring (bicyclic) bond motifs is 1. The molecule has 28 heavy (non-hydrogen) atoms. The molecule has 1 amide bonds. The monoisotopic (exact) mass is 409 g/mol. The first-order chi connectivity index (χ1) is 13.0. The van der Waals surface area contributed by atoms with E-state index in [9.17, 15) is 9.18 Å². The van der Waals surface area contributed by atoms with Crippen molar-refractivity contribution in [1.29, 1.82) is 0 Å². The number of rotatable bonds is 3. The molecule has 0 saturated carbocycles. The molecule has 1 N–H and O–H groups in total. The van der Waals surface area contributed by atoms with Gasteiger partial charge in [0.2, 0.25) is 0 Å². The lowest BCUT2D eigenvalue weighted by Gasteiger charge is -2.41. The van der Waals surface area contributed by atoms with E-state index >= 15 is 0 Å². The maximum atomic E-state index is 14.8. The van der Waals surface area contributed by atoms with Crippen LogP contribution in [0, 0.1) is 17.2 Å². The number of nitrogens with zero attached hydrogens (tertiary/aromatic N) is 2. The second-order valence-corrected chi connectivity index (χ2v) is 9.80.